The first-order valence-corrected chi connectivity index (χ1v) is 8.64. The van der Waals surface area contributed by atoms with Crippen LogP contribution in [0.4, 0.5) is 0 Å². The van der Waals surface area contributed by atoms with Gasteiger partial charge in [-0.1, -0.05) is 52.3 Å². The summed E-state index contributed by atoms with van der Waals surface area (Å²) in [6, 6.07) is 9.03. The van der Waals surface area contributed by atoms with E-state index >= 15 is 0 Å². The van der Waals surface area contributed by atoms with Gasteiger partial charge in [-0.3, -0.25) is 0 Å². The van der Waals surface area contributed by atoms with E-state index in [1.165, 1.54) is 31.2 Å². The molecule has 3 unspecified atom stereocenters. The van der Waals surface area contributed by atoms with Crippen LogP contribution in [0.3, 0.4) is 0 Å². The Labute approximate surface area is 130 Å². The molecular weight excluding hydrogens is 258 g/mol. The normalized spacial score (nSPS) is 26.0. The molecule has 2 heteroatoms. The van der Waals surface area contributed by atoms with Crippen molar-refractivity contribution in [1.82, 2.24) is 5.32 Å². The van der Waals surface area contributed by atoms with Gasteiger partial charge in [0.2, 0.25) is 0 Å². The van der Waals surface area contributed by atoms with E-state index in [1.54, 1.807) is 0 Å². The van der Waals surface area contributed by atoms with Gasteiger partial charge >= 0.3 is 0 Å². The van der Waals surface area contributed by atoms with Crippen LogP contribution in [0.25, 0.3) is 0 Å². The minimum atomic E-state index is 0.309. The maximum atomic E-state index is 6.48. The topological polar surface area (TPSA) is 21.3 Å². The standard InChI is InChI=1S/C19H31NO/c1-5-15-11-12-17(20-6-2)19(13-15)21-18-10-8-7-9-16(18)14(3)4/h7-10,14-15,17,19-20H,5-6,11-13H2,1-4H3. The van der Waals surface area contributed by atoms with E-state index in [2.05, 4.69) is 57.3 Å². The average Bonchev–Trinajstić information content (AvgIpc) is 2.49. The zero-order chi connectivity index (χ0) is 15.2. The summed E-state index contributed by atoms with van der Waals surface area (Å²) >= 11 is 0. The number of ether oxygens (including phenoxy) is 1. The molecule has 0 amide bonds. The lowest BCUT2D eigenvalue weighted by atomic mass is 9.82. The van der Waals surface area contributed by atoms with Crippen molar-refractivity contribution in [1.29, 1.82) is 0 Å². The molecule has 1 fully saturated rings. The molecule has 1 N–H and O–H groups in total. The van der Waals surface area contributed by atoms with Crippen molar-refractivity contribution in [3.05, 3.63) is 29.8 Å². The molecule has 0 aromatic heterocycles. The van der Waals surface area contributed by atoms with Gasteiger partial charge in [0.1, 0.15) is 11.9 Å². The second-order valence-electron chi connectivity index (χ2n) is 6.60. The smallest absolute Gasteiger partial charge is 0.123 e. The van der Waals surface area contributed by atoms with Crippen LogP contribution in [0, 0.1) is 5.92 Å². The van der Waals surface area contributed by atoms with Gasteiger partial charge in [-0.25, -0.2) is 0 Å². The molecule has 0 saturated heterocycles. The average molecular weight is 289 g/mol. The van der Waals surface area contributed by atoms with Crippen LogP contribution in [0.2, 0.25) is 0 Å². The van der Waals surface area contributed by atoms with E-state index in [4.69, 9.17) is 4.74 Å². The molecular formula is C19H31NO. The fraction of sp³-hybridized carbons (Fsp3) is 0.684. The Balaban J connectivity index is 2.14. The van der Waals surface area contributed by atoms with E-state index in [0.29, 0.717) is 18.1 Å². The second kappa shape index (κ2) is 7.84. The monoisotopic (exact) mass is 289 g/mol. The van der Waals surface area contributed by atoms with Gasteiger partial charge in [0.05, 0.1) is 0 Å². The van der Waals surface area contributed by atoms with Gasteiger partial charge in [-0.15, -0.1) is 0 Å². The third kappa shape index (κ3) is 4.23. The largest absolute Gasteiger partial charge is 0.489 e. The minimum Gasteiger partial charge on any atom is -0.489 e. The summed E-state index contributed by atoms with van der Waals surface area (Å²) < 4.78 is 6.48. The molecule has 0 bridgehead atoms. The van der Waals surface area contributed by atoms with E-state index in [9.17, 15) is 0 Å². The predicted molar refractivity (Wildman–Crippen MR) is 90.0 cm³/mol. The molecule has 118 valence electrons. The van der Waals surface area contributed by atoms with Crippen LogP contribution in [0.1, 0.15) is 64.9 Å². The number of likely N-dealkylation sites (N-methyl/N-ethyl adjacent to an activating group) is 1. The van der Waals surface area contributed by atoms with Crippen LogP contribution in [-0.4, -0.2) is 18.7 Å². The van der Waals surface area contributed by atoms with Crippen molar-refractivity contribution in [3.63, 3.8) is 0 Å². The lowest BCUT2D eigenvalue weighted by Crippen LogP contribution is -2.47. The van der Waals surface area contributed by atoms with E-state index in [-0.39, 0.29) is 0 Å². The van der Waals surface area contributed by atoms with Gasteiger partial charge < -0.3 is 10.1 Å². The van der Waals surface area contributed by atoms with Crippen LogP contribution >= 0.6 is 0 Å². The van der Waals surface area contributed by atoms with E-state index in [0.717, 1.165) is 18.2 Å². The molecule has 1 aromatic rings. The zero-order valence-electron chi connectivity index (χ0n) is 14.1. The minimum absolute atomic E-state index is 0.309. The molecule has 0 aliphatic heterocycles. The Bertz CT molecular complexity index is 429. The predicted octanol–water partition coefficient (Wildman–Crippen LogP) is 4.75. The van der Waals surface area contributed by atoms with Crippen molar-refractivity contribution in [3.8, 4) is 5.75 Å². The Morgan fingerprint density at radius 1 is 1.19 bits per heavy atom. The maximum absolute atomic E-state index is 6.48. The molecule has 2 rings (SSSR count). The van der Waals surface area contributed by atoms with Gasteiger partial charge in [0.25, 0.3) is 0 Å². The Hall–Kier alpha value is -1.02. The highest BCUT2D eigenvalue weighted by Gasteiger charge is 2.31. The van der Waals surface area contributed by atoms with E-state index < -0.39 is 0 Å². The summed E-state index contributed by atoms with van der Waals surface area (Å²) in [5.74, 6) is 2.40. The summed E-state index contributed by atoms with van der Waals surface area (Å²) in [7, 11) is 0. The SMILES string of the molecule is CCNC1CCC(CC)CC1Oc1ccccc1C(C)C. The summed E-state index contributed by atoms with van der Waals surface area (Å²) in [5, 5.41) is 3.62. The molecule has 1 aromatic carbocycles. The fourth-order valence-electron chi connectivity index (χ4n) is 3.44. The molecule has 3 atom stereocenters. The molecule has 1 aliphatic carbocycles. The number of hydrogen-bond donors (Lipinski definition) is 1. The number of benzene rings is 1. The maximum Gasteiger partial charge on any atom is 0.123 e. The van der Waals surface area contributed by atoms with Crippen LogP contribution in [0.5, 0.6) is 5.75 Å². The first kappa shape index (κ1) is 16.4. The third-order valence-corrected chi connectivity index (χ3v) is 4.76. The van der Waals surface area contributed by atoms with Crippen LogP contribution in [-0.2, 0) is 0 Å². The number of rotatable bonds is 6. The summed E-state index contributed by atoms with van der Waals surface area (Å²) in [6.45, 7) is 9.98. The van der Waals surface area contributed by atoms with Gasteiger partial charge in [-0.2, -0.15) is 0 Å². The van der Waals surface area contributed by atoms with Gasteiger partial charge in [-0.05, 0) is 49.3 Å². The van der Waals surface area contributed by atoms with Crippen molar-refractivity contribution in [2.24, 2.45) is 5.92 Å². The van der Waals surface area contributed by atoms with E-state index in [1.807, 2.05) is 0 Å². The number of para-hydroxylation sites is 1. The van der Waals surface area contributed by atoms with Crippen molar-refractivity contribution in [2.45, 2.75) is 71.4 Å². The molecule has 0 radical (unpaired) electrons. The Kier molecular flexibility index (Phi) is 6.10. The highest BCUT2D eigenvalue weighted by atomic mass is 16.5. The van der Waals surface area contributed by atoms with Crippen molar-refractivity contribution >= 4 is 0 Å². The van der Waals surface area contributed by atoms with Crippen LogP contribution in [0.15, 0.2) is 24.3 Å². The van der Waals surface area contributed by atoms with Gasteiger partial charge in [0, 0.05) is 6.04 Å². The first-order chi connectivity index (χ1) is 10.2. The number of nitrogens with one attached hydrogen (secondary N) is 1. The molecule has 2 nitrogen and oxygen atoms in total. The third-order valence-electron chi connectivity index (χ3n) is 4.76. The van der Waals surface area contributed by atoms with Gasteiger partial charge in [0.15, 0.2) is 0 Å². The highest BCUT2D eigenvalue weighted by Crippen LogP contribution is 2.33. The zero-order valence-corrected chi connectivity index (χ0v) is 14.1. The fourth-order valence-corrected chi connectivity index (χ4v) is 3.44. The molecule has 1 saturated carbocycles. The quantitative estimate of drug-likeness (QED) is 0.816. The lowest BCUT2D eigenvalue weighted by molar-refractivity contribution is 0.0845. The summed E-state index contributed by atoms with van der Waals surface area (Å²) in [4.78, 5) is 0. The molecule has 1 aliphatic rings. The van der Waals surface area contributed by atoms with Crippen molar-refractivity contribution in [2.75, 3.05) is 6.54 Å². The molecule has 0 heterocycles. The lowest BCUT2D eigenvalue weighted by Gasteiger charge is -2.37. The first-order valence-electron chi connectivity index (χ1n) is 8.64. The second-order valence-corrected chi connectivity index (χ2v) is 6.60. The molecule has 21 heavy (non-hydrogen) atoms. The summed E-state index contributed by atoms with van der Waals surface area (Å²) in [5.41, 5.74) is 1.33. The van der Waals surface area contributed by atoms with Crippen molar-refractivity contribution < 1.29 is 4.74 Å². The number of hydrogen-bond acceptors (Lipinski definition) is 2. The highest BCUT2D eigenvalue weighted by molar-refractivity contribution is 5.35. The van der Waals surface area contributed by atoms with Crippen LogP contribution < -0.4 is 10.1 Å². The summed E-state index contributed by atoms with van der Waals surface area (Å²) in [6.07, 6.45) is 5.33. The Morgan fingerprint density at radius 3 is 2.62 bits per heavy atom. The molecule has 0 spiro atoms. The Morgan fingerprint density at radius 2 is 1.95 bits per heavy atom.